The Kier molecular flexibility index (Phi) is 4.30. The van der Waals surface area contributed by atoms with Gasteiger partial charge in [-0.1, -0.05) is 23.7 Å². The lowest BCUT2D eigenvalue weighted by molar-refractivity contribution is 0.261. The molecule has 5 rings (SSSR count). The fraction of sp³-hybridized carbons (Fsp3) is 0.273. The first kappa shape index (κ1) is 16.7. The average molecular weight is 379 g/mol. The van der Waals surface area contributed by atoms with E-state index in [4.69, 9.17) is 11.6 Å². The molecule has 2 N–H and O–H groups in total. The topological polar surface area (TPSA) is 38.1 Å². The van der Waals surface area contributed by atoms with Gasteiger partial charge in [0.25, 0.3) is 0 Å². The number of anilines is 1. The van der Waals surface area contributed by atoms with Gasteiger partial charge in [-0.15, -0.1) is 0 Å². The number of aromatic amines is 2. The summed E-state index contributed by atoms with van der Waals surface area (Å²) in [6, 6.07) is 14.8. The second-order valence-electron chi connectivity index (χ2n) is 7.27. The molecule has 0 aliphatic carbocycles. The number of hydrogen-bond donors (Lipinski definition) is 2. The number of aromatic nitrogens is 2. The van der Waals surface area contributed by atoms with E-state index < -0.39 is 0 Å². The maximum absolute atomic E-state index is 6.41. The van der Waals surface area contributed by atoms with Crippen LogP contribution in [0.4, 0.5) is 5.69 Å². The number of hydrogen-bond acceptors (Lipinski definition) is 2. The highest BCUT2D eigenvalue weighted by atomic mass is 35.5. The van der Waals surface area contributed by atoms with Gasteiger partial charge in [0.05, 0.1) is 5.02 Å². The number of halogens is 1. The molecule has 1 aliphatic heterocycles. The molecule has 0 bridgehead atoms. The summed E-state index contributed by atoms with van der Waals surface area (Å²) in [5.74, 6) is 0. The van der Waals surface area contributed by atoms with Crippen LogP contribution in [0.15, 0.2) is 54.9 Å². The van der Waals surface area contributed by atoms with Crippen LogP contribution in [0.25, 0.3) is 21.8 Å². The van der Waals surface area contributed by atoms with E-state index in [0.717, 1.165) is 49.7 Å². The highest BCUT2D eigenvalue weighted by Gasteiger charge is 2.19. The third-order valence-electron chi connectivity index (χ3n) is 5.72. The third-order valence-corrected chi connectivity index (χ3v) is 6.03. The highest BCUT2D eigenvalue weighted by molar-refractivity contribution is 6.35. The van der Waals surface area contributed by atoms with Crippen molar-refractivity contribution < 1.29 is 0 Å². The van der Waals surface area contributed by atoms with Crippen molar-refractivity contribution >= 4 is 39.1 Å². The largest absolute Gasteiger partial charge is 0.368 e. The molecule has 0 saturated carbocycles. The smallest absolute Gasteiger partial charge is 0.0502 e. The Hall–Kier alpha value is -2.43. The van der Waals surface area contributed by atoms with Gasteiger partial charge in [-0.05, 0) is 42.3 Å². The van der Waals surface area contributed by atoms with Crippen LogP contribution in [0.1, 0.15) is 5.56 Å². The summed E-state index contributed by atoms with van der Waals surface area (Å²) in [7, 11) is 0. The van der Waals surface area contributed by atoms with Crippen LogP contribution in [0.3, 0.4) is 0 Å². The summed E-state index contributed by atoms with van der Waals surface area (Å²) in [4.78, 5) is 11.7. The van der Waals surface area contributed by atoms with E-state index in [9.17, 15) is 0 Å². The first-order valence-electron chi connectivity index (χ1n) is 9.57. The molecule has 0 radical (unpaired) electrons. The second-order valence-corrected chi connectivity index (χ2v) is 7.68. The molecule has 1 aliphatic rings. The van der Waals surface area contributed by atoms with Gasteiger partial charge < -0.3 is 14.9 Å². The molecule has 1 fully saturated rings. The number of nitrogens with zero attached hydrogens (tertiary/aromatic N) is 2. The van der Waals surface area contributed by atoms with Crippen LogP contribution in [0, 0.1) is 0 Å². The van der Waals surface area contributed by atoms with Crippen molar-refractivity contribution in [3.63, 3.8) is 0 Å². The zero-order chi connectivity index (χ0) is 18.2. The molecule has 0 spiro atoms. The van der Waals surface area contributed by atoms with Gasteiger partial charge >= 0.3 is 0 Å². The maximum atomic E-state index is 6.41. The summed E-state index contributed by atoms with van der Waals surface area (Å²) in [6.07, 6.45) is 5.16. The Balaban J connectivity index is 1.24. The van der Waals surface area contributed by atoms with Crippen LogP contribution in [-0.2, 0) is 6.42 Å². The van der Waals surface area contributed by atoms with E-state index in [-0.39, 0.29) is 0 Å². The lowest BCUT2D eigenvalue weighted by Crippen LogP contribution is -2.47. The fourth-order valence-electron chi connectivity index (χ4n) is 4.24. The zero-order valence-corrected chi connectivity index (χ0v) is 16.0. The van der Waals surface area contributed by atoms with E-state index in [2.05, 4.69) is 56.3 Å². The standard InChI is InChI=1S/C22H23ClN4/c23-18-3-1-5-20-22(18)16(15-25-20)8-10-26-11-13-27(14-12-26)21-6-2-4-19-17(21)7-9-24-19/h1-7,9,15,24-25H,8,10-14H2. The van der Waals surface area contributed by atoms with Gasteiger partial charge in [0.2, 0.25) is 0 Å². The maximum Gasteiger partial charge on any atom is 0.0502 e. The zero-order valence-electron chi connectivity index (χ0n) is 15.2. The molecule has 4 nitrogen and oxygen atoms in total. The van der Waals surface area contributed by atoms with Gasteiger partial charge in [0, 0.05) is 72.6 Å². The molecule has 5 heteroatoms. The van der Waals surface area contributed by atoms with Crippen LogP contribution >= 0.6 is 11.6 Å². The van der Waals surface area contributed by atoms with Gasteiger partial charge in [-0.25, -0.2) is 0 Å². The fourth-order valence-corrected chi connectivity index (χ4v) is 4.54. The normalized spacial score (nSPS) is 15.8. The molecule has 0 unspecified atom stereocenters. The quantitative estimate of drug-likeness (QED) is 0.541. The minimum absolute atomic E-state index is 0.841. The number of rotatable bonds is 4. The molecule has 1 saturated heterocycles. The lowest BCUT2D eigenvalue weighted by atomic mass is 10.1. The average Bonchev–Trinajstić information content (AvgIpc) is 3.34. The number of H-pyrrole nitrogens is 2. The SMILES string of the molecule is Clc1cccc2[nH]cc(CCN3CCN(c4cccc5[nH]ccc45)CC3)c12. The van der Waals surface area contributed by atoms with E-state index in [1.165, 1.54) is 27.5 Å². The van der Waals surface area contributed by atoms with Crippen molar-refractivity contribution in [3.8, 4) is 0 Å². The molecule has 138 valence electrons. The van der Waals surface area contributed by atoms with Crippen molar-refractivity contribution in [2.75, 3.05) is 37.6 Å². The summed E-state index contributed by atoms with van der Waals surface area (Å²) < 4.78 is 0. The lowest BCUT2D eigenvalue weighted by Gasteiger charge is -2.36. The first-order valence-corrected chi connectivity index (χ1v) is 9.95. The van der Waals surface area contributed by atoms with E-state index in [1.54, 1.807) is 0 Å². The molecule has 0 amide bonds. The summed E-state index contributed by atoms with van der Waals surface area (Å²) >= 11 is 6.41. The Morgan fingerprint density at radius 3 is 2.59 bits per heavy atom. The van der Waals surface area contributed by atoms with Gasteiger partial charge in [-0.2, -0.15) is 0 Å². The van der Waals surface area contributed by atoms with E-state index >= 15 is 0 Å². The Morgan fingerprint density at radius 1 is 0.889 bits per heavy atom. The van der Waals surface area contributed by atoms with Gasteiger partial charge in [-0.3, -0.25) is 4.90 Å². The highest BCUT2D eigenvalue weighted by Crippen LogP contribution is 2.28. The predicted molar refractivity (Wildman–Crippen MR) is 114 cm³/mol. The molecule has 3 heterocycles. The third kappa shape index (κ3) is 3.09. The Bertz CT molecular complexity index is 1070. The van der Waals surface area contributed by atoms with E-state index in [0.29, 0.717) is 0 Å². The summed E-state index contributed by atoms with van der Waals surface area (Å²) in [5.41, 5.74) is 5.00. The molecular formula is C22H23ClN4. The van der Waals surface area contributed by atoms with Crippen molar-refractivity contribution in [2.45, 2.75) is 6.42 Å². The monoisotopic (exact) mass is 378 g/mol. The summed E-state index contributed by atoms with van der Waals surface area (Å²) in [5, 5.41) is 3.34. The van der Waals surface area contributed by atoms with Crippen LogP contribution in [-0.4, -0.2) is 47.6 Å². The Morgan fingerprint density at radius 2 is 1.70 bits per heavy atom. The minimum atomic E-state index is 0.841. The van der Waals surface area contributed by atoms with Crippen LogP contribution in [0.2, 0.25) is 5.02 Å². The molecular weight excluding hydrogens is 356 g/mol. The molecule has 2 aromatic carbocycles. The molecule has 0 atom stereocenters. The molecule has 27 heavy (non-hydrogen) atoms. The number of benzene rings is 2. The minimum Gasteiger partial charge on any atom is -0.368 e. The van der Waals surface area contributed by atoms with Crippen molar-refractivity contribution in [3.05, 3.63) is 65.4 Å². The second kappa shape index (κ2) is 6.95. The van der Waals surface area contributed by atoms with Gasteiger partial charge in [0.1, 0.15) is 0 Å². The van der Waals surface area contributed by atoms with Crippen molar-refractivity contribution in [1.82, 2.24) is 14.9 Å². The van der Waals surface area contributed by atoms with Crippen molar-refractivity contribution in [1.29, 1.82) is 0 Å². The van der Waals surface area contributed by atoms with Gasteiger partial charge in [0.15, 0.2) is 0 Å². The Labute approximate surface area is 163 Å². The summed E-state index contributed by atoms with van der Waals surface area (Å²) in [6.45, 7) is 5.39. The molecule has 2 aromatic heterocycles. The predicted octanol–water partition coefficient (Wildman–Crippen LogP) is 4.67. The first-order chi connectivity index (χ1) is 13.3. The molecule has 4 aromatic rings. The number of nitrogens with one attached hydrogen (secondary N) is 2. The number of fused-ring (bicyclic) bond motifs is 2. The van der Waals surface area contributed by atoms with Crippen LogP contribution in [0.5, 0.6) is 0 Å². The van der Waals surface area contributed by atoms with Crippen LogP contribution < -0.4 is 4.90 Å². The number of piperazine rings is 1. The van der Waals surface area contributed by atoms with Crippen molar-refractivity contribution in [2.24, 2.45) is 0 Å². The van der Waals surface area contributed by atoms with E-state index in [1.807, 2.05) is 18.3 Å².